The van der Waals surface area contributed by atoms with E-state index in [4.69, 9.17) is 0 Å². The Labute approximate surface area is 136 Å². The highest BCUT2D eigenvalue weighted by Gasteiger charge is 2.07. The summed E-state index contributed by atoms with van der Waals surface area (Å²) in [5.41, 5.74) is 2.81. The van der Waals surface area contributed by atoms with Crippen LogP contribution in [0.4, 0.5) is 0 Å². The van der Waals surface area contributed by atoms with E-state index in [0.717, 1.165) is 11.1 Å². The molecule has 0 heterocycles. The van der Waals surface area contributed by atoms with Gasteiger partial charge in [0.25, 0.3) is 5.91 Å². The summed E-state index contributed by atoms with van der Waals surface area (Å²) in [6.45, 7) is 4.52. The molecule has 0 bridgehead atoms. The highest BCUT2D eigenvalue weighted by atomic mass is 16.2. The van der Waals surface area contributed by atoms with E-state index in [2.05, 4.69) is 10.6 Å². The van der Waals surface area contributed by atoms with Crippen molar-refractivity contribution in [2.45, 2.75) is 13.8 Å². The maximum absolute atomic E-state index is 12.0. The monoisotopic (exact) mass is 310 g/mol. The van der Waals surface area contributed by atoms with Crippen LogP contribution in [-0.2, 0) is 4.79 Å². The predicted molar refractivity (Wildman–Crippen MR) is 92.1 cm³/mol. The molecule has 0 saturated heterocycles. The first-order chi connectivity index (χ1) is 11.1. The van der Waals surface area contributed by atoms with Crippen molar-refractivity contribution >= 4 is 11.8 Å². The van der Waals surface area contributed by atoms with Gasteiger partial charge in [-0.2, -0.15) is 0 Å². The lowest BCUT2D eigenvalue weighted by atomic mass is 10.0. The molecule has 0 atom stereocenters. The fraction of sp³-hybridized carbons (Fsp3) is 0.263. The van der Waals surface area contributed by atoms with Crippen LogP contribution < -0.4 is 10.6 Å². The smallest absolute Gasteiger partial charge is 0.251 e. The van der Waals surface area contributed by atoms with Crippen molar-refractivity contribution in [3.05, 3.63) is 60.2 Å². The minimum absolute atomic E-state index is 0.00790. The van der Waals surface area contributed by atoms with E-state index in [9.17, 15) is 9.59 Å². The summed E-state index contributed by atoms with van der Waals surface area (Å²) in [5.74, 6) is -0.189. The molecule has 4 nitrogen and oxygen atoms in total. The standard InChI is InChI=1S/C19H22N2O2/c1-14(2)18(22)20-12-13-21-19(23)17-10-8-16(9-11-17)15-6-4-3-5-7-15/h3-11,14H,12-13H2,1-2H3,(H,20,22)(H,21,23). The summed E-state index contributed by atoms with van der Waals surface area (Å²) in [4.78, 5) is 23.5. The van der Waals surface area contributed by atoms with Gasteiger partial charge in [-0.3, -0.25) is 9.59 Å². The summed E-state index contributed by atoms with van der Waals surface area (Å²) in [6.07, 6.45) is 0. The number of carbonyl (C=O) groups is 2. The molecule has 2 aromatic rings. The lowest BCUT2D eigenvalue weighted by molar-refractivity contribution is -0.123. The zero-order chi connectivity index (χ0) is 16.7. The second kappa shape index (κ2) is 8.13. The molecule has 0 aliphatic heterocycles. The minimum atomic E-state index is -0.136. The topological polar surface area (TPSA) is 58.2 Å². The van der Waals surface area contributed by atoms with Gasteiger partial charge in [0.05, 0.1) is 0 Å². The normalized spacial score (nSPS) is 10.4. The molecule has 2 aromatic carbocycles. The Morgan fingerprint density at radius 3 is 2.00 bits per heavy atom. The summed E-state index contributed by atoms with van der Waals surface area (Å²) in [6, 6.07) is 17.5. The second-order valence-corrected chi connectivity index (χ2v) is 5.65. The van der Waals surface area contributed by atoms with Crippen LogP contribution in [0.1, 0.15) is 24.2 Å². The molecule has 2 N–H and O–H groups in total. The Morgan fingerprint density at radius 2 is 1.39 bits per heavy atom. The molecule has 2 rings (SSSR count). The van der Waals surface area contributed by atoms with E-state index in [0.29, 0.717) is 18.7 Å². The van der Waals surface area contributed by atoms with E-state index in [-0.39, 0.29) is 17.7 Å². The molecule has 0 aliphatic carbocycles. The van der Waals surface area contributed by atoms with Gasteiger partial charge < -0.3 is 10.6 Å². The summed E-state index contributed by atoms with van der Waals surface area (Å²) < 4.78 is 0. The van der Waals surface area contributed by atoms with Crippen molar-refractivity contribution < 1.29 is 9.59 Å². The SMILES string of the molecule is CC(C)C(=O)NCCNC(=O)c1ccc(-c2ccccc2)cc1. The van der Waals surface area contributed by atoms with Gasteiger partial charge in [0.1, 0.15) is 0 Å². The molecule has 0 fully saturated rings. The highest BCUT2D eigenvalue weighted by Crippen LogP contribution is 2.19. The van der Waals surface area contributed by atoms with Gasteiger partial charge in [0.15, 0.2) is 0 Å². The number of amides is 2. The zero-order valence-electron chi connectivity index (χ0n) is 13.5. The van der Waals surface area contributed by atoms with E-state index in [1.165, 1.54) is 0 Å². The van der Waals surface area contributed by atoms with Gasteiger partial charge >= 0.3 is 0 Å². The number of rotatable bonds is 6. The Bertz CT molecular complexity index is 649. The van der Waals surface area contributed by atoms with Crippen LogP contribution in [0, 0.1) is 5.92 Å². The molecule has 23 heavy (non-hydrogen) atoms. The molecule has 4 heteroatoms. The number of hydrogen-bond acceptors (Lipinski definition) is 2. The van der Waals surface area contributed by atoms with Crippen molar-refractivity contribution in [2.75, 3.05) is 13.1 Å². The second-order valence-electron chi connectivity index (χ2n) is 5.65. The molecule has 0 saturated carbocycles. The van der Waals surface area contributed by atoms with Crippen molar-refractivity contribution in [1.82, 2.24) is 10.6 Å². The van der Waals surface area contributed by atoms with E-state index in [1.54, 1.807) is 0 Å². The quantitative estimate of drug-likeness (QED) is 0.806. The minimum Gasteiger partial charge on any atom is -0.354 e. The molecule has 0 aromatic heterocycles. The van der Waals surface area contributed by atoms with Crippen LogP contribution >= 0.6 is 0 Å². The van der Waals surface area contributed by atoms with Gasteiger partial charge in [0, 0.05) is 24.6 Å². The van der Waals surface area contributed by atoms with E-state index in [1.807, 2.05) is 68.4 Å². The molecule has 0 radical (unpaired) electrons. The number of benzene rings is 2. The van der Waals surface area contributed by atoms with Crippen LogP contribution in [0.15, 0.2) is 54.6 Å². The first-order valence-corrected chi connectivity index (χ1v) is 7.79. The van der Waals surface area contributed by atoms with E-state index >= 15 is 0 Å². The maximum atomic E-state index is 12.0. The molecule has 2 amide bonds. The third-order valence-electron chi connectivity index (χ3n) is 3.49. The Morgan fingerprint density at radius 1 is 0.826 bits per heavy atom. The first kappa shape index (κ1) is 16.7. The third kappa shape index (κ3) is 4.95. The third-order valence-corrected chi connectivity index (χ3v) is 3.49. The predicted octanol–water partition coefficient (Wildman–Crippen LogP) is 2.86. The zero-order valence-corrected chi connectivity index (χ0v) is 13.5. The summed E-state index contributed by atoms with van der Waals surface area (Å²) in [5, 5.41) is 5.56. The summed E-state index contributed by atoms with van der Waals surface area (Å²) >= 11 is 0. The average Bonchev–Trinajstić information content (AvgIpc) is 2.59. The van der Waals surface area contributed by atoms with Crippen LogP contribution in [0.2, 0.25) is 0 Å². The van der Waals surface area contributed by atoms with Gasteiger partial charge in [-0.05, 0) is 23.3 Å². The molecule has 0 spiro atoms. The Hall–Kier alpha value is -2.62. The van der Waals surface area contributed by atoms with Crippen LogP contribution in [0.3, 0.4) is 0 Å². The Balaban J connectivity index is 1.85. The van der Waals surface area contributed by atoms with Crippen LogP contribution in [0.5, 0.6) is 0 Å². The van der Waals surface area contributed by atoms with E-state index < -0.39 is 0 Å². The van der Waals surface area contributed by atoms with Gasteiger partial charge in [0.2, 0.25) is 5.91 Å². The lowest BCUT2D eigenvalue weighted by Gasteiger charge is -2.09. The molecule has 120 valence electrons. The fourth-order valence-corrected chi connectivity index (χ4v) is 2.11. The van der Waals surface area contributed by atoms with Crippen molar-refractivity contribution in [2.24, 2.45) is 5.92 Å². The van der Waals surface area contributed by atoms with Crippen LogP contribution in [-0.4, -0.2) is 24.9 Å². The van der Waals surface area contributed by atoms with Crippen molar-refractivity contribution in [1.29, 1.82) is 0 Å². The molecular weight excluding hydrogens is 288 g/mol. The average molecular weight is 310 g/mol. The summed E-state index contributed by atoms with van der Waals surface area (Å²) in [7, 11) is 0. The number of carbonyl (C=O) groups excluding carboxylic acids is 2. The lowest BCUT2D eigenvalue weighted by Crippen LogP contribution is -2.36. The number of hydrogen-bond donors (Lipinski definition) is 2. The van der Waals surface area contributed by atoms with Crippen LogP contribution in [0.25, 0.3) is 11.1 Å². The fourth-order valence-electron chi connectivity index (χ4n) is 2.11. The molecule has 0 unspecified atom stereocenters. The number of nitrogens with one attached hydrogen (secondary N) is 2. The Kier molecular flexibility index (Phi) is 5.92. The van der Waals surface area contributed by atoms with Gasteiger partial charge in [-0.1, -0.05) is 56.3 Å². The highest BCUT2D eigenvalue weighted by molar-refractivity contribution is 5.94. The largest absolute Gasteiger partial charge is 0.354 e. The molecular formula is C19H22N2O2. The van der Waals surface area contributed by atoms with Crippen molar-refractivity contribution in [3.63, 3.8) is 0 Å². The maximum Gasteiger partial charge on any atom is 0.251 e. The van der Waals surface area contributed by atoms with Gasteiger partial charge in [-0.25, -0.2) is 0 Å². The molecule has 0 aliphatic rings. The first-order valence-electron chi connectivity index (χ1n) is 7.79. The van der Waals surface area contributed by atoms with Gasteiger partial charge in [-0.15, -0.1) is 0 Å². The van der Waals surface area contributed by atoms with Crippen molar-refractivity contribution in [3.8, 4) is 11.1 Å².